The van der Waals surface area contributed by atoms with E-state index in [1.807, 2.05) is 42.2 Å². The summed E-state index contributed by atoms with van der Waals surface area (Å²) < 4.78 is 7.41. The maximum absolute atomic E-state index is 5.49. The van der Waals surface area contributed by atoms with E-state index in [2.05, 4.69) is 40.1 Å². The summed E-state index contributed by atoms with van der Waals surface area (Å²) in [6.07, 6.45) is 6.37. The van der Waals surface area contributed by atoms with Crippen molar-refractivity contribution >= 4 is 16.6 Å². The van der Waals surface area contributed by atoms with Crippen LogP contribution in [-0.2, 0) is 11.3 Å². The molecule has 1 fully saturated rings. The summed E-state index contributed by atoms with van der Waals surface area (Å²) in [5.41, 5.74) is 6.13. The highest BCUT2D eigenvalue weighted by Crippen LogP contribution is 2.27. The number of hydrogen-bond acceptors (Lipinski definition) is 5. The highest BCUT2D eigenvalue weighted by atomic mass is 16.5. The second kappa shape index (κ2) is 7.54. The summed E-state index contributed by atoms with van der Waals surface area (Å²) in [6, 6.07) is 12.5. The van der Waals surface area contributed by atoms with Crippen LogP contribution in [0.25, 0.3) is 27.7 Å². The fourth-order valence-corrected chi connectivity index (χ4v) is 4.21. The topological polar surface area (TPSA) is 55.6 Å². The Kier molecular flexibility index (Phi) is 4.73. The number of pyridine rings is 1. The van der Waals surface area contributed by atoms with Gasteiger partial charge >= 0.3 is 0 Å². The van der Waals surface area contributed by atoms with Crippen molar-refractivity contribution < 1.29 is 4.74 Å². The van der Waals surface area contributed by atoms with Crippen LogP contribution in [-0.4, -0.2) is 50.8 Å². The van der Waals surface area contributed by atoms with Gasteiger partial charge < -0.3 is 4.74 Å². The van der Waals surface area contributed by atoms with E-state index < -0.39 is 0 Å². The number of para-hydroxylation sites is 1. The standard InChI is InChI=1S/C23H25N5O/c1-16-11-19(15-27-9-7-20(29-2)8-10-27)26-23-21(14-25-28(16)23)18-12-17-5-3-4-6-22(17)24-13-18/h3-6,11-14,20H,7-10,15H2,1-2H3. The Bertz CT molecular complexity index is 1160. The third-order valence-corrected chi connectivity index (χ3v) is 5.86. The lowest BCUT2D eigenvalue weighted by atomic mass is 10.1. The normalized spacial score (nSPS) is 16.1. The molecule has 1 aliphatic heterocycles. The first-order valence-electron chi connectivity index (χ1n) is 10.2. The molecule has 5 rings (SSSR count). The van der Waals surface area contributed by atoms with Gasteiger partial charge in [0.15, 0.2) is 5.65 Å². The molecule has 1 aliphatic rings. The maximum atomic E-state index is 5.49. The second-order valence-electron chi connectivity index (χ2n) is 7.81. The molecule has 0 atom stereocenters. The number of methoxy groups -OCH3 is 1. The van der Waals surface area contributed by atoms with Crippen molar-refractivity contribution in [3.05, 3.63) is 60.2 Å². The van der Waals surface area contributed by atoms with Gasteiger partial charge in [-0.05, 0) is 38.0 Å². The molecule has 0 unspecified atom stereocenters. The van der Waals surface area contributed by atoms with Crippen molar-refractivity contribution in [2.45, 2.75) is 32.4 Å². The van der Waals surface area contributed by atoms with Crippen LogP contribution in [0.3, 0.4) is 0 Å². The van der Waals surface area contributed by atoms with Crippen LogP contribution < -0.4 is 0 Å². The van der Waals surface area contributed by atoms with E-state index in [9.17, 15) is 0 Å². The Morgan fingerprint density at radius 3 is 2.76 bits per heavy atom. The Morgan fingerprint density at radius 1 is 1.10 bits per heavy atom. The number of benzene rings is 1. The van der Waals surface area contributed by atoms with Crippen molar-refractivity contribution in [2.75, 3.05) is 20.2 Å². The summed E-state index contributed by atoms with van der Waals surface area (Å²) in [6.45, 7) is 5.04. The monoisotopic (exact) mass is 387 g/mol. The van der Waals surface area contributed by atoms with Gasteiger partial charge in [-0.2, -0.15) is 5.10 Å². The van der Waals surface area contributed by atoms with Gasteiger partial charge in [-0.15, -0.1) is 0 Å². The van der Waals surface area contributed by atoms with Gasteiger partial charge in [0.25, 0.3) is 0 Å². The summed E-state index contributed by atoms with van der Waals surface area (Å²) in [7, 11) is 1.81. The summed E-state index contributed by atoms with van der Waals surface area (Å²) in [4.78, 5) is 12.1. The Morgan fingerprint density at radius 2 is 1.93 bits per heavy atom. The first-order valence-corrected chi connectivity index (χ1v) is 10.2. The van der Waals surface area contributed by atoms with Crippen molar-refractivity contribution in [2.24, 2.45) is 0 Å². The summed E-state index contributed by atoms with van der Waals surface area (Å²) in [5.74, 6) is 0. The van der Waals surface area contributed by atoms with E-state index in [1.165, 1.54) is 0 Å². The lowest BCUT2D eigenvalue weighted by Crippen LogP contribution is -2.36. The molecule has 0 N–H and O–H groups in total. The van der Waals surface area contributed by atoms with Crippen LogP contribution in [0.5, 0.6) is 0 Å². The molecule has 3 aromatic heterocycles. The molecule has 0 spiro atoms. The number of hydrogen-bond donors (Lipinski definition) is 0. The fraction of sp³-hybridized carbons (Fsp3) is 0.348. The molecular formula is C23H25N5O. The first-order chi connectivity index (χ1) is 14.2. The molecule has 29 heavy (non-hydrogen) atoms. The number of aromatic nitrogens is 4. The SMILES string of the molecule is COC1CCN(Cc2cc(C)n3ncc(-c4cnc5ccccc5c4)c3n2)CC1. The molecule has 4 heterocycles. The van der Waals surface area contributed by atoms with Crippen LogP contribution in [0.4, 0.5) is 0 Å². The van der Waals surface area contributed by atoms with Crippen LogP contribution in [0, 0.1) is 6.92 Å². The number of likely N-dealkylation sites (tertiary alicyclic amines) is 1. The van der Waals surface area contributed by atoms with Crippen LogP contribution in [0.1, 0.15) is 24.2 Å². The number of piperidine rings is 1. The molecule has 0 radical (unpaired) electrons. The summed E-state index contributed by atoms with van der Waals surface area (Å²) >= 11 is 0. The number of fused-ring (bicyclic) bond motifs is 2. The average Bonchev–Trinajstić information content (AvgIpc) is 3.18. The van der Waals surface area contributed by atoms with Crippen LogP contribution in [0.15, 0.2) is 48.8 Å². The Hall–Kier alpha value is -2.83. The maximum Gasteiger partial charge on any atom is 0.163 e. The molecule has 6 heteroatoms. The van der Waals surface area contributed by atoms with Crippen LogP contribution in [0.2, 0.25) is 0 Å². The van der Waals surface area contributed by atoms with Crippen LogP contribution >= 0.6 is 0 Å². The van der Waals surface area contributed by atoms with Gasteiger partial charge in [-0.25, -0.2) is 9.50 Å². The number of ether oxygens (including phenoxy) is 1. The Labute approximate surface area is 170 Å². The number of aryl methyl sites for hydroxylation is 1. The fourth-order valence-electron chi connectivity index (χ4n) is 4.21. The lowest BCUT2D eigenvalue weighted by Gasteiger charge is -2.30. The molecule has 1 saturated heterocycles. The van der Waals surface area contributed by atoms with Gasteiger partial charge in [0, 0.05) is 55.1 Å². The molecule has 0 saturated carbocycles. The van der Waals surface area contributed by atoms with Crippen molar-refractivity contribution in [1.82, 2.24) is 24.5 Å². The molecule has 148 valence electrons. The zero-order valence-electron chi connectivity index (χ0n) is 16.9. The average molecular weight is 387 g/mol. The molecule has 0 amide bonds. The van der Waals surface area contributed by atoms with E-state index in [-0.39, 0.29) is 0 Å². The van der Waals surface area contributed by atoms with Crippen molar-refractivity contribution in [3.8, 4) is 11.1 Å². The van der Waals surface area contributed by atoms with E-state index in [4.69, 9.17) is 9.72 Å². The minimum atomic E-state index is 0.394. The first kappa shape index (κ1) is 18.2. The zero-order valence-corrected chi connectivity index (χ0v) is 16.9. The third kappa shape index (κ3) is 3.50. The minimum Gasteiger partial charge on any atom is -0.381 e. The van der Waals surface area contributed by atoms with Crippen molar-refractivity contribution in [1.29, 1.82) is 0 Å². The zero-order chi connectivity index (χ0) is 19.8. The van der Waals surface area contributed by atoms with E-state index in [0.29, 0.717) is 6.10 Å². The van der Waals surface area contributed by atoms with E-state index >= 15 is 0 Å². The largest absolute Gasteiger partial charge is 0.381 e. The van der Waals surface area contributed by atoms with E-state index in [0.717, 1.165) is 71.5 Å². The van der Waals surface area contributed by atoms with Gasteiger partial charge in [0.05, 0.1) is 23.5 Å². The molecule has 1 aromatic carbocycles. The number of rotatable bonds is 4. The lowest BCUT2D eigenvalue weighted by molar-refractivity contribution is 0.0385. The molecule has 4 aromatic rings. The van der Waals surface area contributed by atoms with Gasteiger partial charge in [0.1, 0.15) is 0 Å². The van der Waals surface area contributed by atoms with E-state index in [1.54, 1.807) is 0 Å². The minimum absolute atomic E-state index is 0.394. The second-order valence-corrected chi connectivity index (χ2v) is 7.81. The van der Waals surface area contributed by atoms with Gasteiger partial charge in [0.2, 0.25) is 0 Å². The molecular weight excluding hydrogens is 362 g/mol. The molecule has 0 aliphatic carbocycles. The third-order valence-electron chi connectivity index (χ3n) is 5.86. The predicted octanol–water partition coefficient (Wildman–Crippen LogP) is 3.86. The van der Waals surface area contributed by atoms with Gasteiger partial charge in [-0.3, -0.25) is 9.88 Å². The Balaban J connectivity index is 1.49. The predicted molar refractivity (Wildman–Crippen MR) is 114 cm³/mol. The highest BCUT2D eigenvalue weighted by Gasteiger charge is 2.20. The van der Waals surface area contributed by atoms with Crippen molar-refractivity contribution in [3.63, 3.8) is 0 Å². The van der Waals surface area contributed by atoms with Gasteiger partial charge in [-0.1, -0.05) is 18.2 Å². The number of nitrogens with zero attached hydrogens (tertiary/aromatic N) is 5. The summed E-state index contributed by atoms with van der Waals surface area (Å²) in [5, 5.41) is 5.70. The smallest absolute Gasteiger partial charge is 0.163 e. The molecule has 6 nitrogen and oxygen atoms in total. The highest BCUT2D eigenvalue weighted by molar-refractivity contribution is 5.86. The molecule has 0 bridgehead atoms. The quantitative estimate of drug-likeness (QED) is 0.532.